The van der Waals surface area contributed by atoms with Crippen LogP contribution in [0.2, 0.25) is 0 Å². The molecule has 0 atom stereocenters. The second-order valence-electron chi connectivity index (χ2n) is 4.00. The third kappa shape index (κ3) is 2.23. The van der Waals surface area contributed by atoms with E-state index in [9.17, 15) is 9.59 Å². The second kappa shape index (κ2) is 4.41. The first-order valence-electron chi connectivity index (χ1n) is 5.67. The van der Waals surface area contributed by atoms with E-state index in [4.69, 9.17) is 0 Å². The van der Waals surface area contributed by atoms with Crippen molar-refractivity contribution in [1.82, 2.24) is 15.0 Å². The number of pyridine rings is 1. The molecule has 3 N–H and O–H groups in total. The largest absolute Gasteiger partial charge is 0.328 e. The van der Waals surface area contributed by atoms with Crippen molar-refractivity contribution in [2.75, 3.05) is 5.32 Å². The maximum absolute atomic E-state index is 11.9. The van der Waals surface area contributed by atoms with Gasteiger partial charge in [-0.1, -0.05) is 12.1 Å². The van der Waals surface area contributed by atoms with Gasteiger partial charge in [0.1, 0.15) is 0 Å². The van der Waals surface area contributed by atoms with Gasteiger partial charge >= 0.3 is 0 Å². The highest BCUT2D eigenvalue weighted by Crippen LogP contribution is 2.13. The summed E-state index contributed by atoms with van der Waals surface area (Å²) in [6.45, 7) is 0. The average Bonchev–Trinajstić information content (AvgIpc) is 2.81. The summed E-state index contributed by atoms with van der Waals surface area (Å²) in [4.78, 5) is 32.5. The topological polar surface area (TPSA) is 90.6 Å². The van der Waals surface area contributed by atoms with Gasteiger partial charge in [-0.2, -0.15) is 0 Å². The Morgan fingerprint density at radius 3 is 2.74 bits per heavy atom. The van der Waals surface area contributed by atoms with Crippen LogP contribution in [0.5, 0.6) is 0 Å². The number of anilines is 1. The number of aromatic nitrogens is 3. The van der Waals surface area contributed by atoms with E-state index in [2.05, 4.69) is 20.3 Å². The second-order valence-corrected chi connectivity index (χ2v) is 4.00. The highest BCUT2D eigenvalue weighted by atomic mass is 16.2. The smallest absolute Gasteiger partial charge is 0.259 e. The van der Waals surface area contributed by atoms with Crippen LogP contribution in [0.15, 0.2) is 47.4 Å². The van der Waals surface area contributed by atoms with Crippen molar-refractivity contribution in [3.8, 4) is 0 Å². The van der Waals surface area contributed by atoms with E-state index < -0.39 is 0 Å². The molecular formula is C13H10N4O2. The fraction of sp³-hybridized carbons (Fsp3) is 0. The van der Waals surface area contributed by atoms with Crippen LogP contribution in [0.3, 0.4) is 0 Å². The Labute approximate surface area is 107 Å². The summed E-state index contributed by atoms with van der Waals surface area (Å²) in [5, 5.41) is 2.64. The van der Waals surface area contributed by atoms with Crippen LogP contribution < -0.4 is 10.9 Å². The summed E-state index contributed by atoms with van der Waals surface area (Å²) < 4.78 is 0. The van der Waals surface area contributed by atoms with Crippen molar-refractivity contribution in [1.29, 1.82) is 0 Å². The average molecular weight is 254 g/mol. The molecule has 0 aliphatic rings. The molecule has 2 aromatic heterocycles. The van der Waals surface area contributed by atoms with Gasteiger partial charge in [-0.15, -0.1) is 0 Å². The van der Waals surface area contributed by atoms with E-state index in [0.29, 0.717) is 11.5 Å². The molecule has 1 aromatic carbocycles. The number of rotatable bonds is 2. The van der Waals surface area contributed by atoms with Crippen molar-refractivity contribution >= 4 is 22.9 Å². The Kier molecular flexibility index (Phi) is 2.60. The number of imidazole rings is 1. The number of nitrogens with one attached hydrogen (secondary N) is 3. The standard InChI is InChI=1S/C13H10N4O2/c18-11-6-5-8(7-14-11)12(19)17-13-15-9-3-1-2-4-10(9)16-13/h1-7H,(H,14,18)(H2,15,16,17,19). The molecule has 0 saturated heterocycles. The van der Waals surface area contributed by atoms with Gasteiger partial charge in [0.25, 0.3) is 5.91 Å². The van der Waals surface area contributed by atoms with E-state index in [1.54, 1.807) is 0 Å². The predicted molar refractivity (Wildman–Crippen MR) is 71.1 cm³/mol. The number of benzene rings is 1. The SMILES string of the molecule is O=C(Nc1nc2ccccc2[nH]1)c1ccc(=O)[nH]c1. The first-order valence-corrected chi connectivity index (χ1v) is 5.67. The molecule has 19 heavy (non-hydrogen) atoms. The van der Waals surface area contributed by atoms with Crippen molar-refractivity contribution in [2.24, 2.45) is 0 Å². The highest BCUT2D eigenvalue weighted by Gasteiger charge is 2.08. The lowest BCUT2D eigenvalue weighted by molar-refractivity contribution is 0.102. The fourth-order valence-corrected chi connectivity index (χ4v) is 1.74. The van der Waals surface area contributed by atoms with Crippen molar-refractivity contribution in [2.45, 2.75) is 0 Å². The minimum Gasteiger partial charge on any atom is -0.328 e. The van der Waals surface area contributed by atoms with Crippen LogP contribution in [0.25, 0.3) is 11.0 Å². The molecule has 0 bridgehead atoms. The van der Waals surface area contributed by atoms with Crippen LogP contribution in [-0.4, -0.2) is 20.9 Å². The number of para-hydroxylation sites is 2. The molecule has 3 rings (SSSR count). The van der Waals surface area contributed by atoms with Crippen LogP contribution >= 0.6 is 0 Å². The Morgan fingerprint density at radius 2 is 2.00 bits per heavy atom. The lowest BCUT2D eigenvalue weighted by Crippen LogP contribution is -2.15. The van der Waals surface area contributed by atoms with Gasteiger partial charge < -0.3 is 9.97 Å². The summed E-state index contributed by atoms with van der Waals surface area (Å²) in [7, 11) is 0. The number of fused-ring (bicyclic) bond motifs is 1. The van der Waals surface area contributed by atoms with E-state index in [-0.39, 0.29) is 11.5 Å². The first-order chi connectivity index (χ1) is 9.22. The van der Waals surface area contributed by atoms with Crippen molar-refractivity contribution < 1.29 is 4.79 Å². The number of hydrogen-bond acceptors (Lipinski definition) is 3. The van der Waals surface area contributed by atoms with Gasteiger partial charge in [-0.3, -0.25) is 14.9 Å². The molecule has 0 aliphatic carbocycles. The van der Waals surface area contributed by atoms with Gasteiger partial charge in [0, 0.05) is 12.3 Å². The van der Waals surface area contributed by atoms with Crippen molar-refractivity contribution in [3.05, 3.63) is 58.5 Å². The number of carbonyl (C=O) groups excluding carboxylic acids is 1. The summed E-state index contributed by atoms with van der Waals surface area (Å²) >= 11 is 0. The maximum atomic E-state index is 11.9. The third-order valence-corrected chi connectivity index (χ3v) is 2.67. The van der Waals surface area contributed by atoms with E-state index in [1.807, 2.05) is 24.3 Å². The molecule has 0 radical (unpaired) electrons. The fourth-order valence-electron chi connectivity index (χ4n) is 1.74. The number of nitrogens with zero attached hydrogens (tertiary/aromatic N) is 1. The molecule has 0 fully saturated rings. The number of hydrogen-bond donors (Lipinski definition) is 3. The zero-order valence-corrected chi connectivity index (χ0v) is 9.81. The van der Waals surface area contributed by atoms with Gasteiger partial charge in [0.2, 0.25) is 11.5 Å². The van der Waals surface area contributed by atoms with Gasteiger partial charge in [0.05, 0.1) is 16.6 Å². The number of amides is 1. The maximum Gasteiger partial charge on any atom is 0.259 e. The first kappa shape index (κ1) is 11.2. The molecule has 94 valence electrons. The summed E-state index contributed by atoms with van der Waals surface area (Å²) in [5.41, 5.74) is 1.74. The van der Waals surface area contributed by atoms with Crippen LogP contribution in [0.4, 0.5) is 5.95 Å². The monoisotopic (exact) mass is 254 g/mol. The van der Waals surface area contributed by atoms with Crippen LogP contribution in [0.1, 0.15) is 10.4 Å². The molecule has 6 heteroatoms. The van der Waals surface area contributed by atoms with E-state index in [0.717, 1.165) is 11.0 Å². The Hall–Kier alpha value is -2.89. The Balaban J connectivity index is 1.86. The van der Waals surface area contributed by atoms with Gasteiger partial charge in [0.15, 0.2) is 0 Å². The summed E-state index contributed by atoms with van der Waals surface area (Å²) in [6, 6.07) is 10.2. The number of carbonyl (C=O) groups is 1. The molecule has 1 amide bonds. The van der Waals surface area contributed by atoms with E-state index >= 15 is 0 Å². The zero-order valence-electron chi connectivity index (χ0n) is 9.81. The predicted octanol–water partition coefficient (Wildman–Crippen LogP) is 1.50. The molecule has 2 heterocycles. The van der Waals surface area contributed by atoms with Gasteiger partial charge in [-0.05, 0) is 18.2 Å². The van der Waals surface area contributed by atoms with Gasteiger partial charge in [-0.25, -0.2) is 4.98 Å². The lowest BCUT2D eigenvalue weighted by Gasteiger charge is -2.00. The molecule has 3 aromatic rings. The molecule has 6 nitrogen and oxygen atoms in total. The van der Waals surface area contributed by atoms with E-state index in [1.165, 1.54) is 18.3 Å². The Bertz CT molecular complexity index is 750. The Morgan fingerprint density at radius 1 is 1.16 bits per heavy atom. The quantitative estimate of drug-likeness (QED) is 0.647. The highest BCUT2D eigenvalue weighted by molar-refractivity contribution is 6.03. The minimum atomic E-state index is -0.338. The minimum absolute atomic E-state index is 0.250. The van der Waals surface area contributed by atoms with Crippen molar-refractivity contribution in [3.63, 3.8) is 0 Å². The molecule has 0 unspecified atom stereocenters. The molecule has 0 spiro atoms. The number of aromatic amines is 2. The zero-order chi connectivity index (χ0) is 13.2. The van der Waals surface area contributed by atoms with Crippen LogP contribution in [0, 0.1) is 0 Å². The number of H-pyrrole nitrogens is 2. The molecular weight excluding hydrogens is 244 g/mol. The summed E-state index contributed by atoms with van der Waals surface area (Å²) in [6.07, 6.45) is 1.36. The molecule has 0 aliphatic heterocycles. The summed E-state index contributed by atoms with van der Waals surface area (Å²) in [5.74, 6) is 0.0349. The third-order valence-electron chi connectivity index (χ3n) is 2.67. The van der Waals surface area contributed by atoms with Crippen LogP contribution in [-0.2, 0) is 0 Å². The molecule has 0 saturated carbocycles. The lowest BCUT2D eigenvalue weighted by atomic mass is 10.3. The normalized spacial score (nSPS) is 10.5.